The summed E-state index contributed by atoms with van der Waals surface area (Å²) in [7, 11) is 0. The van der Waals surface area contributed by atoms with Crippen LogP contribution in [0, 0.1) is 102 Å². The molecule has 0 saturated carbocycles. The minimum absolute atomic E-state index is 0.0507. The van der Waals surface area contributed by atoms with E-state index in [9.17, 15) is 76.6 Å². The van der Waals surface area contributed by atoms with Crippen molar-refractivity contribution in [2.45, 2.75) is 39.5 Å². The van der Waals surface area contributed by atoms with Crippen LogP contribution < -0.4 is 28.8 Å². The van der Waals surface area contributed by atoms with Crippen LogP contribution in [0.15, 0.2) is 54.6 Å². The van der Waals surface area contributed by atoms with Crippen LogP contribution in [-0.2, 0) is 33.1 Å². The molecular formula is C47H26F15O9-. The Hall–Kier alpha value is -7.92. The SMILES string of the molecule is Cc1ccc(OCC(=O)Oc2c(F)c(F)c(F)c(F)c2F)c(Cc2cc(C)cc(Cc3cc(C)ccc3OCC(=O)Oc3c(F)c(F)c(F)c(F)c3F)c2OC(F)(C(=O)[O-])c2cc(F)c(F)c(F)c2F)c1. The van der Waals surface area contributed by atoms with Crippen LogP contribution >= 0.6 is 0 Å². The lowest BCUT2D eigenvalue weighted by Gasteiger charge is -2.31. The van der Waals surface area contributed by atoms with E-state index in [1.807, 2.05) is 0 Å². The number of ether oxygens (including phenoxy) is 5. The number of aryl methyl sites for hydroxylation is 3. The molecule has 0 amide bonds. The number of alkyl halides is 1. The van der Waals surface area contributed by atoms with Gasteiger partial charge in [0.25, 0.3) is 0 Å². The number of carbonyl (C=O) groups is 3. The number of halogens is 15. The summed E-state index contributed by atoms with van der Waals surface area (Å²) in [6.45, 7) is 1.82. The summed E-state index contributed by atoms with van der Waals surface area (Å²) in [6.07, 6.45) is -1.24. The molecule has 0 fully saturated rings. The van der Waals surface area contributed by atoms with Crippen molar-refractivity contribution in [2.24, 2.45) is 0 Å². The first kappa shape index (κ1) is 52.5. The van der Waals surface area contributed by atoms with Crippen LogP contribution in [0.25, 0.3) is 0 Å². The summed E-state index contributed by atoms with van der Waals surface area (Å²) in [5.41, 5.74) is -1.78. The maximum atomic E-state index is 17.0. The van der Waals surface area contributed by atoms with Crippen molar-refractivity contribution in [1.82, 2.24) is 0 Å². The maximum absolute atomic E-state index is 17.0. The first-order valence-electron chi connectivity index (χ1n) is 19.7. The Bertz CT molecular complexity index is 2950. The average molecular weight is 1020 g/mol. The lowest BCUT2D eigenvalue weighted by molar-refractivity contribution is -0.336. The molecule has 6 aromatic rings. The second kappa shape index (κ2) is 20.6. The van der Waals surface area contributed by atoms with Gasteiger partial charge in [-0.1, -0.05) is 53.1 Å². The van der Waals surface area contributed by atoms with Crippen molar-refractivity contribution in [1.29, 1.82) is 0 Å². The molecule has 71 heavy (non-hydrogen) atoms. The number of hydrogen-bond acceptors (Lipinski definition) is 9. The second-order valence-corrected chi connectivity index (χ2v) is 15.1. The molecule has 9 nitrogen and oxygen atoms in total. The molecule has 0 aliphatic rings. The van der Waals surface area contributed by atoms with Crippen LogP contribution in [0.1, 0.15) is 44.5 Å². The number of esters is 2. The molecule has 0 N–H and O–H groups in total. The van der Waals surface area contributed by atoms with E-state index in [4.69, 9.17) is 14.2 Å². The molecule has 0 bridgehead atoms. The van der Waals surface area contributed by atoms with Gasteiger partial charge >= 0.3 is 17.8 Å². The number of carboxylic acid groups (broad SMARTS) is 1. The molecule has 6 rings (SSSR count). The largest absolute Gasteiger partial charge is 0.543 e. The molecule has 0 spiro atoms. The van der Waals surface area contributed by atoms with Crippen molar-refractivity contribution in [3.63, 3.8) is 0 Å². The van der Waals surface area contributed by atoms with Crippen molar-refractivity contribution < 1.29 is 109 Å². The van der Waals surface area contributed by atoms with Gasteiger partial charge in [-0.15, -0.1) is 0 Å². The van der Waals surface area contributed by atoms with Crippen molar-refractivity contribution in [3.05, 3.63) is 181 Å². The monoisotopic (exact) mass is 1020 g/mol. The smallest absolute Gasteiger partial charge is 0.349 e. The Morgan fingerprint density at radius 1 is 0.451 bits per heavy atom. The zero-order valence-electron chi connectivity index (χ0n) is 35.9. The van der Waals surface area contributed by atoms with Gasteiger partial charge in [0.15, 0.2) is 36.5 Å². The molecule has 0 aromatic heterocycles. The predicted octanol–water partition coefficient (Wildman–Crippen LogP) is 9.66. The number of carboxylic acids is 1. The predicted molar refractivity (Wildman–Crippen MR) is 209 cm³/mol. The number of rotatable bonds is 16. The fourth-order valence-corrected chi connectivity index (χ4v) is 6.77. The summed E-state index contributed by atoms with van der Waals surface area (Å²) in [5.74, 6) is -51.6. The van der Waals surface area contributed by atoms with Gasteiger partial charge in [0.05, 0.1) is 5.56 Å². The molecule has 1 atom stereocenters. The summed E-state index contributed by atoms with van der Waals surface area (Å²) in [6, 6.07) is 9.80. The molecule has 1 unspecified atom stereocenters. The number of benzene rings is 6. The van der Waals surface area contributed by atoms with Crippen LogP contribution in [0.5, 0.6) is 28.7 Å². The Morgan fingerprint density at radius 3 is 1.18 bits per heavy atom. The third-order valence-corrected chi connectivity index (χ3v) is 10.00. The zero-order valence-corrected chi connectivity index (χ0v) is 35.9. The Balaban J connectivity index is 1.41. The maximum Gasteiger partial charge on any atom is 0.349 e. The van der Waals surface area contributed by atoms with Crippen molar-refractivity contribution in [2.75, 3.05) is 13.2 Å². The lowest BCUT2D eigenvalue weighted by Crippen LogP contribution is -2.48. The van der Waals surface area contributed by atoms with Gasteiger partial charge in [0, 0.05) is 12.8 Å². The fourth-order valence-electron chi connectivity index (χ4n) is 6.77. The number of aliphatic carboxylic acids is 1. The molecule has 0 aliphatic carbocycles. The molecular weight excluding hydrogens is 993 g/mol. The number of carbonyl (C=O) groups excluding carboxylic acids is 3. The van der Waals surface area contributed by atoms with Crippen LogP contribution in [0.4, 0.5) is 65.9 Å². The molecule has 0 aliphatic heterocycles. The minimum atomic E-state index is -4.74. The molecule has 0 radical (unpaired) electrons. The summed E-state index contributed by atoms with van der Waals surface area (Å²) in [5, 5.41) is 12.6. The Morgan fingerprint density at radius 2 is 0.803 bits per heavy atom. The highest BCUT2D eigenvalue weighted by Gasteiger charge is 2.43. The topological polar surface area (TPSA) is 120 Å². The lowest BCUT2D eigenvalue weighted by atomic mass is 9.93. The van der Waals surface area contributed by atoms with Gasteiger partial charge in [0.2, 0.25) is 69.7 Å². The second-order valence-electron chi connectivity index (χ2n) is 15.1. The quantitative estimate of drug-likeness (QED) is 0.0307. The van der Waals surface area contributed by atoms with Crippen LogP contribution in [0.2, 0.25) is 0 Å². The summed E-state index contributed by atoms with van der Waals surface area (Å²) < 4.78 is 239. The van der Waals surface area contributed by atoms with E-state index >= 15 is 8.78 Å². The molecule has 0 saturated heterocycles. The van der Waals surface area contributed by atoms with E-state index in [1.54, 1.807) is 0 Å². The van der Waals surface area contributed by atoms with Crippen LogP contribution in [0.3, 0.4) is 0 Å². The van der Waals surface area contributed by atoms with Gasteiger partial charge in [-0.25, -0.2) is 53.5 Å². The Labute approximate surface area is 388 Å². The third-order valence-electron chi connectivity index (χ3n) is 10.00. The average Bonchev–Trinajstić information content (AvgIpc) is 3.32. The number of hydrogen-bond donors (Lipinski definition) is 0. The van der Waals surface area contributed by atoms with Gasteiger partial charge in [-0.3, -0.25) is 0 Å². The van der Waals surface area contributed by atoms with E-state index in [0.717, 1.165) is 0 Å². The Kier molecular flexibility index (Phi) is 15.2. The minimum Gasteiger partial charge on any atom is -0.543 e. The van der Waals surface area contributed by atoms with E-state index in [0.29, 0.717) is 11.1 Å². The van der Waals surface area contributed by atoms with E-state index in [2.05, 4.69) is 9.47 Å². The molecule has 0 heterocycles. The molecule has 6 aromatic carbocycles. The van der Waals surface area contributed by atoms with Crippen molar-refractivity contribution >= 4 is 17.9 Å². The fraction of sp³-hybridized carbons (Fsp3) is 0.170. The standard InChI is InChI=1S/C47H27F15O9/c1-17-4-6-26(67-15-28(63)69-44-39(58)35(54)33(52)36(55)40(44)59)20(8-17)12-22-10-19(3)11-23(43(22)71-47(62,46(65)66)24-14-25(48)31(50)32(51)30(24)49)13-21-9-18(2)5-7-27(21)68-16-29(64)70-45-41(60)37(56)34(53)38(57)42(45)61/h4-11,14H,12-13,15-16H2,1-3H3,(H,65,66)/p-1. The van der Waals surface area contributed by atoms with E-state index in [1.165, 1.54) is 69.3 Å². The first-order chi connectivity index (χ1) is 33.2. The highest BCUT2D eigenvalue weighted by Crippen LogP contribution is 2.41. The van der Waals surface area contributed by atoms with Gasteiger partial charge in [0.1, 0.15) is 23.2 Å². The summed E-state index contributed by atoms with van der Waals surface area (Å²) >= 11 is 0. The third kappa shape index (κ3) is 10.6. The van der Waals surface area contributed by atoms with Gasteiger partial charge in [-0.2, -0.15) is 22.0 Å². The normalized spacial score (nSPS) is 12.1. The molecule has 24 heteroatoms. The highest BCUT2D eigenvalue weighted by atomic mass is 19.2. The summed E-state index contributed by atoms with van der Waals surface area (Å²) in [4.78, 5) is 37.8. The van der Waals surface area contributed by atoms with E-state index in [-0.39, 0.29) is 45.4 Å². The molecule has 374 valence electrons. The van der Waals surface area contributed by atoms with Gasteiger partial charge in [-0.05, 0) is 61.2 Å². The zero-order chi connectivity index (χ0) is 52.5. The van der Waals surface area contributed by atoms with E-state index < -0.39 is 154 Å². The van der Waals surface area contributed by atoms with Gasteiger partial charge < -0.3 is 33.6 Å². The van der Waals surface area contributed by atoms with Crippen molar-refractivity contribution in [3.8, 4) is 28.7 Å². The van der Waals surface area contributed by atoms with Crippen LogP contribution in [-0.4, -0.2) is 31.1 Å². The first-order valence-corrected chi connectivity index (χ1v) is 19.7. The highest BCUT2D eigenvalue weighted by molar-refractivity contribution is 5.77.